The zero-order valence-corrected chi connectivity index (χ0v) is 14.5. The van der Waals surface area contributed by atoms with E-state index in [9.17, 15) is 13.2 Å². The van der Waals surface area contributed by atoms with E-state index < -0.39 is 10.0 Å². The summed E-state index contributed by atoms with van der Waals surface area (Å²) in [6.07, 6.45) is 3.35. The number of carbonyl (C=O) groups is 1. The Morgan fingerprint density at radius 3 is 2.50 bits per heavy atom. The lowest BCUT2D eigenvalue weighted by atomic mass is 10.2. The van der Waals surface area contributed by atoms with Gasteiger partial charge >= 0.3 is 0 Å². The average molecular weight is 354 g/mol. The molecule has 0 N–H and O–H groups in total. The third-order valence-electron chi connectivity index (χ3n) is 4.20. The molecule has 8 heteroatoms. The van der Waals surface area contributed by atoms with Crippen molar-refractivity contribution in [1.82, 2.24) is 4.90 Å². The number of amides is 1. The lowest BCUT2D eigenvalue weighted by Gasteiger charge is -2.25. The number of benzene rings is 1. The van der Waals surface area contributed by atoms with Crippen LogP contribution in [0.5, 0.6) is 11.5 Å². The molecule has 1 aromatic rings. The van der Waals surface area contributed by atoms with E-state index in [2.05, 4.69) is 0 Å². The normalized spacial score (nSPS) is 17.0. The van der Waals surface area contributed by atoms with Gasteiger partial charge in [-0.1, -0.05) is 0 Å². The van der Waals surface area contributed by atoms with Crippen LogP contribution in [0.4, 0.5) is 5.69 Å². The predicted molar refractivity (Wildman–Crippen MR) is 90.1 cm³/mol. The Morgan fingerprint density at radius 1 is 1.17 bits per heavy atom. The van der Waals surface area contributed by atoms with E-state index in [1.807, 2.05) is 0 Å². The van der Waals surface area contributed by atoms with E-state index in [-0.39, 0.29) is 18.9 Å². The van der Waals surface area contributed by atoms with Gasteiger partial charge in [-0.25, -0.2) is 8.42 Å². The Hall–Kier alpha value is -1.96. The lowest BCUT2D eigenvalue weighted by Crippen LogP contribution is -2.35. The van der Waals surface area contributed by atoms with Gasteiger partial charge in [0.2, 0.25) is 15.9 Å². The van der Waals surface area contributed by atoms with Gasteiger partial charge in [0, 0.05) is 32.1 Å². The minimum absolute atomic E-state index is 0.00121. The molecule has 0 spiro atoms. The molecule has 2 heterocycles. The highest BCUT2D eigenvalue weighted by molar-refractivity contribution is 7.92. The van der Waals surface area contributed by atoms with Gasteiger partial charge in [0.25, 0.3) is 0 Å². The topological polar surface area (TPSA) is 76.2 Å². The number of carbonyl (C=O) groups excluding carboxylic acids is 1. The van der Waals surface area contributed by atoms with Crippen LogP contribution < -0.4 is 13.8 Å². The zero-order chi connectivity index (χ0) is 17.2. The van der Waals surface area contributed by atoms with Crippen molar-refractivity contribution in [1.29, 1.82) is 0 Å². The maximum atomic E-state index is 12.2. The fourth-order valence-corrected chi connectivity index (χ4v) is 3.91. The van der Waals surface area contributed by atoms with Crippen molar-refractivity contribution < 1.29 is 22.7 Å². The monoisotopic (exact) mass is 354 g/mol. The fourth-order valence-electron chi connectivity index (χ4n) is 3.00. The second-order valence-corrected chi connectivity index (χ2v) is 7.91. The van der Waals surface area contributed by atoms with Gasteiger partial charge in [-0.15, -0.1) is 0 Å². The molecule has 1 saturated heterocycles. The van der Waals surface area contributed by atoms with E-state index in [0.29, 0.717) is 30.4 Å². The van der Waals surface area contributed by atoms with Gasteiger partial charge in [0.1, 0.15) is 13.2 Å². The molecule has 3 rings (SSSR count). The summed E-state index contributed by atoms with van der Waals surface area (Å²) in [4.78, 5) is 14.0. The molecular formula is C16H22N2O5S. The summed E-state index contributed by atoms with van der Waals surface area (Å²) in [5, 5.41) is 0. The molecule has 0 saturated carbocycles. The maximum absolute atomic E-state index is 12.2. The summed E-state index contributed by atoms with van der Waals surface area (Å²) in [6.45, 7) is 2.56. The summed E-state index contributed by atoms with van der Waals surface area (Å²) >= 11 is 0. The van der Waals surface area contributed by atoms with Gasteiger partial charge in [-0.3, -0.25) is 9.10 Å². The minimum atomic E-state index is -3.50. The Kier molecular flexibility index (Phi) is 4.84. The Labute approximate surface area is 142 Å². The highest BCUT2D eigenvalue weighted by atomic mass is 32.2. The van der Waals surface area contributed by atoms with Crippen molar-refractivity contribution in [3.8, 4) is 11.5 Å². The van der Waals surface area contributed by atoms with Gasteiger partial charge in [-0.2, -0.15) is 0 Å². The second-order valence-electron chi connectivity index (χ2n) is 6.00. The highest BCUT2D eigenvalue weighted by Gasteiger charge is 2.24. The van der Waals surface area contributed by atoms with E-state index in [0.717, 1.165) is 32.2 Å². The van der Waals surface area contributed by atoms with Crippen LogP contribution in [0.2, 0.25) is 0 Å². The fraction of sp³-hybridized carbons (Fsp3) is 0.562. The second kappa shape index (κ2) is 6.88. The quantitative estimate of drug-likeness (QED) is 0.795. The molecule has 0 unspecified atom stereocenters. The number of likely N-dealkylation sites (tertiary alicyclic amines) is 1. The number of hydrogen-bond donors (Lipinski definition) is 0. The van der Waals surface area contributed by atoms with E-state index in [4.69, 9.17) is 9.47 Å². The van der Waals surface area contributed by atoms with Crippen molar-refractivity contribution in [2.24, 2.45) is 0 Å². The summed E-state index contributed by atoms with van der Waals surface area (Å²) < 4.78 is 36.5. The summed E-state index contributed by atoms with van der Waals surface area (Å²) in [7, 11) is -3.50. The molecule has 2 aliphatic heterocycles. The molecule has 1 amide bonds. The van der Waals surface area contributed by atoms with Crippen LogP contribution in [-0.4, -0.2) is 58.3 Å². The van der Waals surface area contributed by atoms with Crippen LogP contribution in [0.1, 0.15) is 19.3 Å². The van der Waals surface area contributed by atoms with Crippen LogP contribution in [0.3, 0.4) is 0 Å². The number of sulfonamides is 1. The summed E-state index contributed by atoms with van der Waals surface area (Å²) in [6, 6.07) is 5.02. The molecule has 7 nitrogen and oxygen atoms in total. The molecule has 24 heavy (non-hydrogen) atoms. The molecule has 0 radical (unpaired) electrons. The number of fused-ring (bicyclic) bond motifs is 1. The first-order chi connectivity index (χ1) is 11.4. The van der Waals surface area contributed by atoms with Crippen molar-refractivity contribution in [3.05, 3.63) is 18.2 Å². The predicted octanol–water partition coefficient (Wildman–Crippen LogP) is 1.24. The summed E-state index contributed by atoms with van der Waals surface area (Å²) in [5.74, 6) is 1.13. The highest BCUT2D eigenvalue weighted by Crippen LogP contribution is 2.34. The van der Waals surface area contributed by atoms with Gasteiger partial charge in [0.15, 0.2) is 11.5 Å². The standard InChI is InChI=1S/C16H22N2O5S/c1-24(20,21)18(9-6-16(19)17-7-2-3-8-17)13-4-5-14-15(12-13)23-11-10-22-14/h4-5,12H,2-3,6-11H2,1H3. The Bertz CT molecular complexity index is 713. The zero-order valence-electron chi connectivity index (χ0n) is 13.7. The number of rotatable bonds is 5. The largest absolute Gasteiger partial charge is 0.486 e. The lowest BCUT2D eigenvalue weighted by molar-refractivity contribution is -0.129. The third-order valence-corrected chi connectivity index (χ3v) is 5.40. The molecule has 0 bridgehead atoms. The first-order valence-corrected chi connectivity index (χ1v) is 9.95. The van der Waals surface area contributed by atoms with Crippen LogP contribution in [0.25, 0.3) is 0 Å². The van der Waals surface area contributed by atoms with Crippen molar-refractivity contribution >= 4 is 21.6 Å². The molecule has 0 aliphatic carbocycles. The third kappa shape index (κ3) is 3.75. The van der Waals surface area contributed by atoms with Gasteiger partial charge in [-0.05, 0) is 25.0 Å². The molecule has 2 aliphatic rings. The Morgan fingerprint density at radius 2 is 1.83 bits per heavy atom. The van der Waals surface area contributed by atoms with Crippen molar-refractivity contribution in [2.75, 3.05) is 43.4 Å². The van der Waals surface area contributed by atoms with E-state index in [1.54, 1.807) is 23.1 Å². The number of hydrogen-bond acceptors (Lipinski definition) is 5. The molecule has 1 aromatic carbocycles. The van der Waals surface area contributed by atoms with E-state index >= 15 is 0 Å². The van der Waals surface area contributed by atoms with Crippen LogP contribution in [-0.2, 0) is 14.8 Å². The smallest absolute Gasteiger partial charge is 0.232 e. The average Bonchev–Trinajstić information content (AvgIpc) is 3.08. The van der Waals surface area contributed by atoms with Crippen molar-refractivity contribution in [3.63, 3.8) is 0 Å². The number of anilines is 1. The molecule has 0 atom stereocenters. The van der Waals surface area contributed by atoms with Crippen molar-refractivity contribution in [2.45, 2.75) is 19.3 Å². The van der Waals surface area contributed by atoms with Gasteiger partial charge in [0.05, 0.1) is 11.9 Å². The van der Waals surface area contributed by atoms with Crippen LogP contribution >= 0.6 is 0 Å². The van der Waals surface area contributed by atoms with Crippen LogP contribution in [0.15, 0.2) is 18.2 Å². The summed E-state index contributed by atoms with van der Waals surface area (Å²) in [5.41, 5.74) is 0.482. The van der Waals surface area contributed by atoms with E-state index in [1.165, 1.54) is 4.31 Å². The SMILES string of the molecule is CS(=O)(=O)N(CCC(=O)N1CCCC1)c1ccc2c(c1)OCCO2. The molecule has 0 aromatic heterocycles. The molecule has 1 fully saturated rings. The number of nitrogens with zero attached hydrogens (tertiary/aromatic N) is 2. The first-order valence-electron chi connectivity index (χ1n) is 8.10. The molecular weight excluding hydrogens is 332 g/mol. The first kappa shape index (κ1) is 16.9. The Balaban J connectivity index is 1.75. The van der Waals surface area contributed by atoms with Crippen LogP contribution in [0, 0.1) is 0 Å². The molecule has 132 valence electrons. The van der Waals surface area contributed by atoms with Gasteiger partial charge < -0.3 is 14.4 Å². The number of ether oxygens (including phenoxy) is 2. The minimum Gasteiger partial charge on any atom is -0.486 e. The maximum Gasteiger partial charge on any atom is 0.232 e.